The van der Waals surface area contributed by atoms with Gasteiger partial charge < -0.3 is 9.47 Å². The number of hydrogen-bond acceptors (Lipinski definition) is 2. The average Bonchev–Trinajstić information content (AvgIpc) is 2.67. The van der Waals surface area contributed by atoms with E-state index in [2.05, 4.69) is 45.8 Å². The van der Waals surface area contributed by atoms with Crippen LogP contribution < -0.4 is 9.47 Å². The summed E-state index contributed by atoms with van der Waals surface area (Å²) in [5.41, 5.74) is 2.22. The van der Waals surface area contributed by atoms with Crippen LogP contribution in [0.25, 0.3) is 0 Å². The molecule has 5 rings (SSSR count). The second-order valence-electron chi connectivity index (χ2n) is 7.24. The fourth-order valence-corrected chi connectivity index (χ4v) is 4.07. The normalized spacial score (nSPS) is 20.6. The molecule has 0 bridgehead atoms. The first kappa shape index (κ1) is 15.6. The predicted octanol–water partition coefficient (Wildman–Crippen LogP) is 3.61. The number of benzene rings is 2. The lowest BCUT2D eigenvalue weighted by atomic mass is 10.1. The van der Waals surface area contributed by atoms with Crippen molar-refractivity contribution in [2.75, 3.05) is 13.1 Å². The molecule has 0 radical (unpaired) electrons. The zero-order chi connectivity index (χ0) is 17.4. The van der Waals surface area contributed by atoms with Crippen molar-refractivity contribution in [3.8, 4) is 11.5 Å². The SMILES string of the molecule is C1=[N+]2CCCCCCC[N+]3=Cc4ccccc4OC23Oc2ccccc21. The van der Waals surface area contributed by atoms with Gasteiger partial charge in [0.15, 0.2) is 37.0 Å². The molecule has 3 aliphatic heterocycles. The fraction of sp³-hybridized carbons (Fsp3) is 0.364. The summed E-state index contributed by atoms with van der Waals surface area (Å²) in [6.07, 6.45) is 10.5. The van der Waals surface area contributed by atoms with Crippen LogP contribution in [0.1, 0.15) is 43.2 Å². The molecule has 0 N–H and O–H groups in total. The van der Waals surface area contributed by atoms with Crippen LogP contribution >= 0.6 is 0 Å². The Bertz CT molecular complexity index is 827. The van der Waals surface area contributed by atoms with E-state index in [0.29, 0.717) is 0 Å². The Morgan fingerprint density at radius 3 is 1.62 bits per heavy atom. The molecule has 1 saturated heterocycles. The zero-order valence-electron chi connectivity index (χ0n) is 14.9. The molecule has 3 heterocycles. The lowest BCUT2D eigenvalue weighted by molar-refractivity contribution is -0.909. The van der Waals surface area contributed by atoms with Crippen LogP contribution in [0.5, 0.6) is 11.5 Å². The molecule has 0 amide bonds. The van der Waals surface area contributed by atoms with Crippen LogP contribution in [0.2, 0.25) is 0 Å². The standard InChI is InChI=1S/C22H24N2O2/c1-2-8-14-23-16-18-10-4-6-12-20(18)25-22(23)24(15-9-3-1)17-19-11-5-7-13-21(19)26-22/h4-7,10-13,16-17H,1-3,8-9,14-15H2/q+2. The van der Waals surface area contributed by atoms with E-state index in [1.807, 2.05) is 24.3 Å². The number of hydrogen-bond donors (Lipinski definition) is 0. The molecule has 4 nitrogen and oxygen atoms in total. The van der Waals surface area contributed by atoms with E-state index in [9.17, 15) is 0 Å². The van der Waals surface area contributed by atoms with Gasteiger partial charge in [0.1, 0.15) is 0 Å². The quantitative estimate of drug-likeness (QED) is 0.680. The number of ether oxygens (including phenoxy) is 2. The summed E-state index contributed by atoms with van der Waals surface area (Å²) >= 11 is 0. The van der Waals surface area contributed by atoms with Crippen molar-refractivity contribution < 1.29 is 18.6 Å². The molecule has 2 aromatic carbocycles. The third kappa shape index (κ3) is 2.52. The zero-order valence-corrected chi connectivity index (χ0v) is 14.9. The molecule has 2 aromatic rings. The van der Waals surface area contributed by atoms with Gasteiger partial charge in [-0.1, -0.05) is 39.8 Å². The van der Waals surface area contributed by atoms with E-state index >= 15 is 0 Å². The highest BCUT2D eigenvalue weighted by Gasteiger charge is 2.63. The Kier molecular flexibility index (Phi) is 3.77. The molecule has 132 valence electrons. The van der Waals surface area contributed by atoms with Crippen molar-refractivity contribution in [3.05, 3.63) is 59.7 Å². The van der Waals surface area contributed by atoms with Crippen molar-refractivity contribution >= 4 is 12.4 Å². The maximum absolute atomic E-state index is 6.58. The van der Waals surface area contributed by atoms with Gasteiger partial charge in [-0.25, -0.2) is 0 Å². The first-order valence-electron chi connectivity index (χ1n) is 9.64. The molecule has 26 heavy (non-hydrogen) atoms. The van der Waals surface area contributed by atoms with Gasteiger partial charge in [0.2, 0.25) is 0 Å². The van der Waals surface area contributed by atoms with Gasteiger partial charge in [-0.05, 0) is 37.1 Å². The first-order valence-corrected chi connectivity index (χ1v) is 9.64. The maximum Gasteiger partial charge on any atom is 0.703 e. The van der Waals surface area contributed by atoms with Crippen LogP contribution in [0.3, 0.4) is 0 Å². The van der Waals surface area contributed by atoms with E-state index in [-0.39, 0.29) is 0 Å². The molecule has 0 unspecified atom stereocenters. The molecule has 0 atom stereocenters. The Labute approximate surface area is 154 Å². The van der Waals surface area contributed by atoms with Gasteiger partial charge in [-0.15, -0.1) is 0 Å². The maximum atomic E-state index is 6.58. The number of para-hydroxylation sites is 2. The fourth-order valence-electron chi connectivity index (χ4n) is 4.07. The largest absolute Gasteiger partial charge is 0.703 e. The molecule has 0 aliphatic carbocycles. The van der Waals surface area contributed by atoms with Crippen LogP contribution in [-0.2, 0) is 0 Å². The van der Waals surface area contributed by atoms with Crippen LogP contribution in [0, 0.1) is 0 Å². The monoisotopic (exact) mass is 348 g/mol. The second kappa shape index (κ2) is 6.27. The highest BCUT2D eigenvalue weighted by molar-refractivity contribution is 5.82. The minimum atomic E-state index is -0.931. The van der Waals surface area contributed by atoms with Crippen molar-refractivity contribution in [2.24, 2.45) is 0 Å². The molecule has 3 aliphatic rings. The minimum absolute atomic E-state index is 0.874. The Hall–Kier alpha value is -2.62. The summed E-state index contributed by atoms with van der Waals surface area (Å²) in [7, 11) is 0. The van der Waals surface area contributed by atoms with Gasteiger partial charge >= 0.3 is 6.03 Å². The molecular formula is C22H24N2O2+2. The summed E-state index contributed by atoms with van der Waals surface area (Å²) in [4.78, 5) is 0. The Morgan fingerprint density at radius 2 is 1.08 bits per heavy atom. The third-order valence-electron chi connectivity index (χ3n) is 5.44. The number of fused-ring (bicyclic) bond motifs is 2. The molecular weight excluding hydrogens is 324 g/mol. The Balaban J connectivity index is 1.68. The van der Waals surface area contributed by atoms with E-state index in [1.54, 1.807) is 0 Å². The highest BCUT2D eigenvalue weighted by Crippen LogP contribution is 2.35. The molecule has 1 spiro atoms. The number of rotatable bonds is 0. The van der Waals surface area contributed by atoms with Crippen LogP contribution in [0.15, 0.2) is 48.5 Å². The minimum Gasteiger partial charge on any atom is -0.341 e. The van der Waals surface area contributed by atoms with E-state index in [0.717, 1.165) is 48.6 Å². The molecule has 4 heteroatoms. The van der Waals surface area contributed by atoms with Gasteiger partial charge in [0, 0.05) is 12.8 Å². The van der Waals surface area contributed by atoms with Crippen molar-refractivity contribution in [2.45, 2.75) is 38.1 Å². The predicted molar refractivity (Wildman–Crippen MR) is 101 cm³/mol. The lowest BCUT2D eigenvalue weighted by Crippen LogP contribution is -2.64. The van der Waals surface area contributed by atoms with Gasteiger partial charge in [0.05, 0.1) is 11.1 Å². The lowest BCUT2D eigenvalue weighted by Gasteiger charge is -2.32. The molecule has 0 saturated carbocycles. The van der Waals surface area contributed by atoms with Gasteiger partial charge in [-0.3, -0.25) is 0 Å². The van der Waals surface area contributed by atoms with Crippen molar-refractivity contribution in [1.82, 2.24) is 0 Å². The average molecular weight is 348 g/mol. The molecule has 1 fully saturated rings. The summed E-state index contributed by atoms with van der Waals surface area (Å²) in [6, 6.07) is 15.5. The third-order valence-corrected chi connectivity index (χ3v) is 5.44. The van der Waals surface area contributed by atoms with Crippen LogP contribution in [-0.4, -0.2) is 40.7 Å². The summed E-state index contributed by atoms with van der Waals surface area (Å²) < 4.78 is 17.7. The van der Waals surface area contributed by atoms with Gasteiger partial charge in [-0.2, -0.15) is 0 Å². The second-order valence-corrected chi connectivity index (χ2v) is 7.24. The summed E-state index contributed by atoms with van der Waals surface area (Å²) in [6.45, 7) is 1.84. The van der Waals surface area contributed by atoms with E-state index in [1.165, 1.54) is 19.3 Å². The van der Waals surface area contributed by atoms with Crippen molar-refractivity contribution in [1.29, 1.82) is 0 Å². The van der Waals surface area contributed by atoms with E-state index < -0.39 is 6.03 Å². The summed E-state index contributed by atoms with van der Waals surface area (Å²) in [5.74, 6) is 1.75. The summed E-state index contributed by atoms with van der Waals surface area (Å²) in [5, 5.41) is 0. The Morgan fingerprint density at radius 1 is 0.615 bits per heavy atom. The van der Waals surface area contributed by atoms with Gasteiger partial charge in [0.25, 0.3) is 0 Å². The highest BCUT2D eigenvalue weighted by atomic mass is 16.7. The topological polar surface area (TPSA) is 24.5 Å². The first-order chi connectivity index (χ1) is 12.9. The van der Waals surface area contributed by atoms with E-state index in [4.69, 9.17) is 9.47 Å². The number of nitrogens with zero attached hydrogens (tertiary/aromatic N) is 2. The smallest absolute Gasteiger partial charge is 0.341 e. The van der Waals surface area contributed by atoms with Crippen LogP contribution in [0.4, 0.5) is 0 Å². The van der Waals surface area contributed by atoms with Crippen molar-refractivity contribution in [3.63, 3.8) is 0 Å². The molecule has 0 aromatic heterocycles.